The SMILES string of the molecule is CN1CCCC[C@H]1CC(=O)N1CCn2nc(C#N)cc2C1. The van der Waals surface area contributed by atoms with Gasteiger partial charge >= 0.3 is 0 Å². The zero-order chi connectivity index (χ0) is 14.8. The third-order valence-electron chi connectivity index (χ3n) is 4.60. The fourth-order valence-electron chi connectivity index (χ4n) is 3.27. The maximum Gasteiger partial charge on any atom is 0.224 e. The van der Waals surface area contributed by atoms with Gasteiger partial charge in [-0.2, -0.15) is 10.4 Å². The van der Waals surface area contributed by atoms with Gasteiger partial charge in [0.15, 0.2) is 5.69 Å². The predicted octanol–water partition coefficient (Wildman–Crippen LogP) is 0.971. The molecule has 0 spiro atoms. The van der Waals surface area contributed by atoms with Crippen LogP contribution in [0.1, 0.15) is 37.1 Å². The molecule has 1 aromatic heterocycles. The Morgan fingerprint density at radius 3 is 3.05 bits per heavy atom. The van der Waals surface area contributed by atoms with Gasteiger partial charge in [-0.05, 0) is 32.5 Å². The Morgan fingerprint density at radius 1 is 1.43 bits per heavy atom. The van der Waals surface area contributed by atoms with Crippen LogP contribution < -0.4 is 0 Å². The predicted molar refractivity (Wildman–Crippen MR) is 77.2 cm³/mol. The Labute approximate surface area is 124 Å². The average molecular weight is 287 g/mol. The molecule has 6 heteroatoms. The van der Waals surface area contributed by atoms with Crippen LogP contribution in [0, 0.1) is 11.3 Å². The molecule has 2 aliphatic heterocycles. The molecule has 1 atom stereocenters. The van der Waals surface area contributed by atoms with Crippen LogP contribution in [0.3, 0.4) is 0 Å². The normalized spacial score (nSPS) is 22.7. The monoisotopic (exact) mass is 287 g/mol. The molecule has 0 N–H and O–H groups in total. The van der Waals surface area contributed by atoms with Crippen molar-refractivity contribution < 1.29 is 4.79 Å². The van der Waals surface area contributed by atoms with Crippen LogP contribution >= 0.6 is 0 Å². The van der Waals surface area contributed by atoms with E-state index < -0.39 is 0 Å². The Balaban J connectivity index is 1.62. The van der Waals surface area contributed by atoms with E-state index in [4.69, 9.17) is 5.26 Å². The highest BCUT2D eigenvalue weighted by atomic mass is 16.2. The lowest BCUT2D eigenvalue weighted by Gasteiger charge is -2.34. The van der Waals surface area contributed by atoms with Crippen LogP contribution in [0.4, 0.5) is 0 Å². The molecule has 6 nitrogen and oxygen atoms in total. The number of aromatic nitrogens is 2. The number of nitriles is 1. The van der Waals surface area contributed by atoms with Crippen LogP contribution in [-0.2, 0) is 17.9 Å². The number of carbonyl (C=O) groups is 1. The van der Waals surface area contributed by atoms with E-state index in [0.29, 0.717) is 37.8 Å². The number of amides is 1. The summed E-state index contributed by atoms with van der Waals surface area (Å²) in [4.78, 5) is 16.7. The third-order valence-corrected chi connectivity index (χ3v) is 4.60. The van der Waals surface area contributed by atoms with E-state index in [1.165, 1.54) is 12.8 Å². The molecule has 1 saturated heterocycles. The highest BCUT2D eigenvalue weighted by Gasteiger charge is 2.27. The van der Waals surface area contributed by atoms with Gasteiger partial charge in [0.25, 0.3) is 0 Å². The number of hydrogen-bond acceptors (Lipinski definition) is 4. The molecule has 0 bridgehead atoms. The zero-order valence-corrected chi connectivity index (χ0v) is 12.5. The van der Waals surface area contributed by atoms with Crippen LogP contribution in [0.25, 0.3) is 0 Å². The summed E-state index contributed by atoms with van der Waals surface area (Å²) in [6.07, 6.45) is 4.18. The van der Waals surface area contributed by atoms with Crippen molar-refractivity contribution in [2.24, 2.45) is 0 Å². The molecule has 0 radical (unpaired) electrons. The van der Waals surface area contributed by atoms with E-state index in [1.54, 1.807) is 6.07 Å². The first kappa shape index (κ1) is 14.1. The van der Waals surface area contributed by atoms with Crippen molar-refractivity contribution in [1.29, 1.82) is 5.26 Å². The van der Waals surface area contributed by atoms with E-state index >= 15 is 0 Å². The standard InChI is InChI=1S/C15H21N5O/c1-18-5-3-2-4-13(18)9-15(21)19-6-7-20-14(11-19)8-12(10-16)17-20/h8,13H,2-7,9,11H2,1H3/t13-/m0/s1. The molecule has 1 aromatic rings. The quantitative estimate of drug-likeness (QED) is 0.813. The maximum atomic E-state index is 12.5. The van der Waals surface area contributed by atoms with Crippen LogP contribution in [0.15, 0.2) is 6.07 Å². The van der Waals surface area contributed by atoms with Crippen molar-refractivity contribution in [3.63, 3.8) is 0 Å². The van der Waals surface area contributed by atoms with E-state index in [0.717, 1.165) is 18.7 Å². The summed E-state index contributed by atoms with van der Waals surface area (Å²) < 4.78 is 1.84. The second-order valence-electron chi connectivity index (χ2n) is 6.01. The second kappa shape index (κ2) is 5.86. The highest BCUT2D eigenvalue weighted by Crippen LogP contribution is 2.20. The molecule has 1 amide bonds. The third kappa shape index (κ3) is 2.93. The van der Waals surface area contributed by atoms with Gasteiger partial charge in [0.2, 0.25) is 5.91 Å². The Bertz CT molecular complexity index is 573. The minimum absolute atomic E-state index is 0.222. The van der Waals surface area contributed by atoms with Gasteiger partial charge in [0.05, 0.1) is 18.8 Å². The van der Waals surface area contributed by atoms with Gasteiger partial charge in [-0.15, -0.1) is 0 Å². The minimum Gasteiger partial charge on any atom is -0.335 e. The largest absolute Gasteiger partial charge is 0.335 e. The van der Waals surface area contributed by atoms with Gasteiger partial charge in [0.1, 0.15) is 6.07 Å². The topological polar surface area (TPSA) is 65.2 Å². The molecule has 0 saturated carbocycles. The second-order valence-corrected chi connectivity index (χ2v) is 6.01. The van der Waals surface area contributed by atoms with Crippen molar-refractivity contribution in [2.75, 3.05) is 20.1 Å². The number of likely N-dealkylation sites (tertiary alicyclic amines) is 1. The summed E-state index contributed by atoms with van der Waals surface area (Å²) in [7, 11) is 2.11. The van der Waals surface area contributed by atoms with E-state index in [9.17, 15) is 4.79 Å². The van der Waals surface area contributed by atoms with E-state index in [2.05, 4.69) is 23.1 Å². The first-order valence-corrected chi connectivity index (χ1v) is 7.62. The fourth-order valence-corrected chi connectivity index (χ4v) is 3.27. The average Bonchev–Trinajstić information content (AvgIpc) is 2.91. The molecule has 3 rings (SSSR count). The van der Waals surface area contributed by atoms with Gasteiger partial charge < -0.3 is 9.80 Å². The lowest BCUT2D eigenvalue weighted by atomic mass is 9.99. The van der Waals surface area contributed by atoms with Crippen molar-refractivity contribution in [3.05, 3.63) is 17.5 Å². The Morgan fingerprint density at radius 2 is 2.29 bits per heavy atom. The summed E-state index contributed by atoms with van der Waals surface area (Å²) in [5, 5.41) is 13.1. The molecule has 0 aliphatic carbocycles. The molecule has 0 unspecified atom stereocenters. The molecule has 3 heterocycles. The summed E-state index contributed by atoms with van der Waals surface area (Å²) in [6.45, 7) is 3.04. The first-order chi connectivity index (χ1) is 10.2. The summed E-state index contributed by atoms with van der Waals surface area (Å²) >= 11 is 0. The lowest BCUT2D eigenvalue weighted by Crippen LogP contribution is -2.43. The number of carbonyl (C=O) groups excluding carboxylic acids is 1. The minimum atomic E-state index is 0.222. The first-order valence-electron chi connectivity index (χ1n) is 7.62. The van der Waals surface area contributed by atoms with E-state index in [-0.39, 0.29) is 5.91 Å². The number of nitrogens with zero attached hydrogens (tertiary/aromatic N) is 5. The van der Waals surface area contributed by atoms with Crippen molar-refractivity contribution in [3.8, 4) is 6.07 Å². The highest BCUT2D eigenvalue weighted by molar-refractivity contribution is 5.77. The van der Waals surface area contributed by atoms with Gasteiger partial charge in [0, 0.05) is 19.0 Å². The lowest BCUT2D eigenvalue weighted by molar-refractivity contribution is -0.134. The fraction of sp³-hybridized carbons (Fsp3) is 0.667. The van der Waals surface area contributed by atoms with Gasteiger partial charge in [-0.3, -0.25) is 9.48 Å². The van der Waals surface area contributed by atoms with Gasteiger partial charge in [-0.25, -0.2) is 0 Å². The van der Waals surface area contributed by atoms with Gasteiger partial charge in [-0.1, -0.05) is 6.42 Å². The summed E-state index contributed by atoms with van der Waals surface area (Å²) in [5.41, 5.74) is 1.40. The van der Waals surface area contributed by atoms with Crippen LogP contribution in [-0.4, -0.2) is 51.7 Å². The zero-order valence-electron chi connectivity index (χ0n) is 12.5. The number of fused-ring (bicyclic) bond motifs is 1. The molecule has 112 valence electrons. The Kier molecular flexibility index (Phi) is 3.93. The Hall–Kier alpha value is -1.87. The molecule has 1 fully saturated rings. The smallest absolute Gasteiger partial charge is 0.224 e. The van der Waals surface area contributed by atoms with Crippen molar-refractivity contribution >= 4 is 5.91 Å². The molecule has 0 aromatic carbocycles. The summed E-state index contributed by atoms with van der Waals surface area (Å²) in [6, 6.07) is 4.22. The number of piperidine rings is 1. The number of hydrogen-bond donors (Lipinski definition) is 0. The van der Waals surface area contributed by atoms with E-state index in [1.807, 2.05) is 9.58 Å². The number of rotatable bonds is 2. The van der Waals surface area contributed by atoms with Crippen LogP contribution in [0.2, 0.25) is 0 Å². The molecule has 21 heavy (non-hydrogen) atoms. The van der Waals surface area contributed by atoms with Crippen LogP contribution in [0.5, 0.6) is 0 Å². The molecular formula is C15H21N5O. The summed E-state index contributed by atoms with van der Waals surface area (Å²) in [5.74, 6) is 0.222. The molecular weight excluding hydrogens is 266 g/mol. The molecule has 2 aliphatic rings. The maximum absolute atomic E-state index is 12.5. The van der Waals surface area contributed by atoms with Crippen molar-refractivity contribution in [2.45, 2.75) is 44.8 Å². The van der Waals surface area contributed by atoms with Crippen molar-refractivity contribution in [1.82, 2.24) is 19.6 Å².